The van der Waals surface area contributed by atoms with Crippen molar-refractivity contribution in [3.63, 3.8) is 0 Å². The number of aryl methyl sites for hydroxylation is 1. The lowest BCUT2D eigenvalue weighted by Gasteiger charge is -2.07. The molecule has 0 aliphatic carbocycles. The highest BCUT2D eigenvalue weighted by molar-refractivity contribution is 6.39. The molecule has 9 heteroatoms. The lowest BCUT2D eigenvalue weighted by Crippen LogP contribution is -2.00. The van der Waals surface area contributed by atoms with Crippen LogP contribution in [0.15, 0.2) is 12.1 Å². The molecule has 0 aliphatic heterocycles. The van der Waals surface area contributed by atoms with Gasteiger partial charge in [-0.2, -0.15) is 8.78 Å². The first kappa shape index (κ1) is 16.0. The van der Waals surface area contributed by atoms with Crippen LogP contribution in [0.25, 0.3) is 11.3 Å². The number of nitrogens with zero attached hydrogens (tertiary/aromatic N) is 2. The highest BCUT2D eigenvalue weighted by Crippen LogP contribution is 2.37. The summed E-state index contributed by atoms with van der Waals surface area (Å²) in [4.78, 5) is 15.0. The van der Waals surface area contributed by atoms with Crippen LogP contribution in [0.4, 0.5) is 8.78 Å². The summed E-state index contributed by atoms with van der Waals surface area (Å²) in [6.45, 7) is -1.52. The number of aromatic nitrogens is 2. The van der Waals surface area contributed by atoms with Crippen molar-refractivity contribution in [2.45, 2.75) is 13.5 Å². The maximum atomic E-state index is 12.9. The second-order valence-electron chi connectivity index (χ2n) is 4.06. The molecule has 0 amide bonds. The molecule has 1 N–H and O–H groups in total. The van der Waals surface area contributed by atoms with Gasteiger partial charge in [0.1, 0.15) is 16.7 Å². The van der Waals surface area contributed by atoms with Crippen LogP contribution in [0.5, 0.6) is 0 Å². The van der Waals surface area contributed by atoms with E-state index in [1.54, 1.807) is 0 Å². The van der Waals surface area contributed by atoms with Gasteiger partial charge in [0, 0.05) is 5.56 Å². The van der Waals surface area contributed by atoms with Gasteiger partial charge in [-0.25, -0.2) is 9.78 Å². The normalized spacial score (nSPS) is 11.2. The van der Waals surface area contributed by atoms with Gasteiger partial charge in [-0.3, -0.25) is 4.57 Å². The second-order valence-corrected chi connectivity index (χ2v) is 5.24. The molecule has 0 aliphatic rings. The molecule has 1 heterocycles. The predicted molar refractivity (Wildman–Crippen MR) is 75.6 cm³/mol. The third-order valence-electron chi connectivity index (χ3n) is 2.77. The molecule has 2 rings (SSSR count). The molecule has 0 unspecified atom stereocenters. The van der Waals surface area contributed by atoms with Crippen LogP contribution in [-0.2, 0) is 0 Å². The van der Waals surface area contributed by atoms with Gasteiger partial charge in [0.2, 0.25) is 0 Å². The van der Waals surface area contributed by atoms with Crippen molar-refractivity contribution in [3.05, 3.63) is 38.7 Å². The number of carbonyl (C=O) groups is 1. The Bertz CT molecular complexity index is 732. The number of benzene rings is 1. The molecule has 1 aromatic carbocycles. The van der Waals surface area contributed by atoms with E-state index in [1.165, 1.54) is 13.0 Å². The Morgan fingerprint density at radius 2 is 1.90 bits per heavy atom. The quantitative estimate of drug-likeness (QED) is 0.851. The Balaban J connectivity index is 2.71. The molecule has 0 radical (unpaired) electrons. The van der Waals surface area contributed by atoms with Gasteiger partial charge >= 0.3 is 12.5 Å². The van der Waals surface area contributed by atoms with E-state index in [0.717, 1.165) is 6.07 Å². The topological polar surface area (TPSA) is 55.1 Å². The van der Waals surface area contributed by atoms with Crippen molar-refractivity contribution in [2.75, 3.05) is 0 Å². The third-order valence-corrected chi connectivity index (χ3v) is 3.75. The summed E-state index contributed by atoms with van der Waals surface area (Å²) >= 11 is 17.6. The largest absolute Gasteiger partial charge is 0.478 e. The molecule has 0 saturated heterocycles. The zero-order valence-electron chi connectivity index (χ0n) is 10.4. The molecule has 4 nitrogen and oxygen atoms in total. The monoisotopic (exact) mass is 354 g/mol. The molecule has 0 atom stereocenters. The smallest absolute Gasteiger partial charge is 0.337 e. The van der Waals surface area contributed by atoms with E-state index >= 15 is 0 Å². The number of carboxylic acid groups (broad SMARTS) is 1. The number of hydrogen-bond acceptors (Lipinski definition) is 2. The van der Waals surface area contributed by atoms with E-state index in [4.69, 9.17) is 39.9 Å². The summed E-state index contributed by atoms with van der Waals surface area (Å²) in [5, 5.41) is 8.70. The van der Waals surface area contributed by atoms with Gasteiger partial charge in [-0.05, 0) is 19.1 Å². The van der Waals surface area contributed by atoms with Crippen LogP contribution in [0.2, 0.25) is 15.2 Å². The lowest BCUT2D eigenvalue weighted by molar-refractivity contribution is 0.0679. The average Bonchev–Trinajstić information content (AvgIpc) is 2.64. The number of aromatic carboxylic acids is 1. The van der Waals surface area contributed by atoms with Gasteiger partial charge in [-0.1, -0.05) is 34.8 Å². The zero-order chi connectivity index (χ0) is 15.9. The minimum absolute atomic E-state index is 0.0205. The Kier molecular flexibility index (Phi) is 4.41. The minimum atomic E-state index is -2.87. The first-order valence-electron chi connectivity index (χ1n) is 5.49. The predicted octanol–water partition coefficient (Wildman–Crippen LogP) is 4.91. The fourth-order valence-electron chi connectivity index (χ4n) is 1.81. The van der Waals surface area contributed by atoms with Crippen LogP contribution in [-0.4, -0.2) is 20.6 Å². The van der Waals surface area contributed by atoms with Crippen LogP contribution in [0, 0.1) is 6.92 Å². The lowest BCUT2D eigenvalue weighted by atomic mass is 10.1. The van der Waals surface area contributed by atoms with Crippen LogP contribution >= 0.6 is 34.8 Å². The maximum Gasteiger partial charge on any atom is 0.337 e. The molecule has 112 valence electrons. The highest BCUT2D eigenvalue weighted by atomic mass is 35.5. The minimum Gasteiger partial charge on any atom is -0.478 e. The van der Waals surface area contributed by atoms with E-state index in [9.17, 15) is 13.6 Å². The highest BCUT2D eigenvalue weighted by Gasteiger charge is 2.23. The Labute approximate surface area is 132 Å². The molecule has 0 fully saturated rings. The molecule has 1 aromatic heterocycles. The standard InChI is InChI=1S/C12H7Cl3F2N2O2/c1-4-18-9(10(15)19(4)12(16)17)5-2-6(11(20)21)8(14)3-7(5)13/h2-3,12H,1H3,(H,20,21). The first-order valence-corrected chi connectivity index (χ1v) is 6.62. The first-order chi connectivity index (χ1) is 9.73. The van der Waals surface area contributed by atoms with Crippen molar-refractivity contribution >= 4 is 40.8 Å². The van der Waals surface area contributed by atoms with Crippen molar-refractivity contribution in [2.24, 2.45) is 0 Å². The summed E-state index contributed by atoms with van der Waals surface area (Å²) in [5.74, 6) is -1.30. The van der Waals surface area contributed by atoms with Crippen molar-refractivity contribution in [3.8, 4) is 11.3 Å². The molecule has 0 bridgehead atoms. The Hall–Kier alpha value is -1.37. The Morgan fingerprint density at radius 1 is 1.29 bits per heavy atom. The van der Waals surface area contributed by atoms with Gasteiger partial charge in [0.05, 0.1) is 15.6 Å². The van der Waals surface area contributed by atoms with E-state index in [0.29, 0.717) is 4.57 Å². The summed E-state index contributed by atoms with van der Waals surface area (Å²) in [7, 11) is 0. The fraction of sp³-hybridized carbons (Fsp3) is 0.167. The molecular formula is C12H7Cl3F2N2O2. The number of rotatable bonds is 3. The number of hydrogen-bond donors (Lipinski definition) is 1. The fourth-order valence-corrected chi connectivity index (χ4v) is 2.70. The van der Waals surface area contributed by atoms with Crippen molar-refractivity contribution < 1.29 is 18.7 Å². The van der Waals surface area contributed by atoms with Gasteiger partial charge in [-0.15, -0.1) is 0 Å². The van der Waals surface area contributed by atoms with Gasteiger partial charge in [0.15, 0.2) is 0 Å². The molecule has 21 heavy (non-hydrogen) atoms. The Morgan fingerprint density at radius 3 is 2.38 bits per heavy atom. The second kappa shape index (κ2) is 5.79. The maximum absolute atomic E-state index is 12.9. The third kappa shape index (κ3) is 2.84. The number of halogens is 5. The van der Waals surface area contributed by atoms with Crippen LogP contribution in [0.1, 0.15) is 22.7 Å². The molecule has 0 spiro atoms. The van der Waals surface area contributed by atoms with E-state index in [-0.39, 0.29) is 37.8 Å². The molecule has 0 saturated carbocycles. The van der Waals surface area contributed by atoms with Gasteiger partial charge in [0.25, 0.3) is 0 Å². The van der Waals surface area contributed by atoms with E-state index in [2.05, 4.69) is 4.98 Å². The number of alkyl halides is 2. The zero-order valence-corrected chi connectivity index (χ0v) is 12.6. The van der Waals surface area contributed by atoms with E-state index in [1.807, 2.05) is 0 Å². The number of imidazole rings is 1. The molecular weight excluding hydrogens is 348 g/mol. The summed E-state index contributed by atoms with van der Waals surface area (Å²) in [5.41, 5.74) is -0.138. The SMILES string of the molecule is Cc1nc(-c2cc(C(=O)O)c(Cl)cc2Cl)c(Cl)n1C(F)F. The average molecular weight is 356 g/mol. The molecule has 2 aromatic rings. The number of carboxylic acids is 1. The van der Waals surface area contributed by atoms with E-state index < -0.39 is 12.5 Å². The van der Waals surface area contributed by atoms with Crippen LogP contribution < -0.4 is 0 Å². The summed E-state index contributed by atoms with van der Waals surface area (Å²) < 4.78 is 26.3. The van der Waals surface area contributed by atoms with Gasteiger partial charge < -0.3 is 5.11 Å². The summed E-state index contributed by atoms with van der Waals surface area (Å²) in [6.07, 6.45) is 0. The van der Waals surface area contributed by atoms with Crippen LogP contribution in [0.3, 0.4) is 0 Å². The van der Waals surface area contributed by atoms with Crippen molar-refractivity contribution in [1.29, 1.82) is 0 Å². The van der Waals surface area contributed by atoms with Crippen molar-refractivity contribution in [1.82, 2.24) is 9.55 Å². The summed E-state index contributed by atoms with van der Waals surface area (Å²) in [6, 6.07) is 2.35.